The largest absolute Gasteiger partial charge is 0.506 e. The van der Waals surface area contributed by atoms with Crippen LogP contribution in [0.5, 0.6) is 5.75 Å². The Bertz CT molecular complexity index is 641. The van der Waals surface area contributed by atoms with Crippen LogP contribution in [0.2, 0.25) is 0 Å². The molecule has 0 saturated heterocycles. The van der Waals surface area contributed by atoms with Crippen LogP contribution < -0.4 is 5.32 Å². The Morgan fingerprint density at radius 3 is 2.58 bits per heavy atom. The molecular weight excluding hydrogens is 374 g/mol. The minimum Gasteiger partial charge on any atom is -0.506 e. The van der Waals surface area contributed by atoms with Gasteiger partial charge in [0.1, 0.15) is 5.75 Å². The SMILES string of the molecule is Cc1ccc(NC(=O)c2cc(Br)ccc2Br)c(O)c1. The number of hydrogen-bond acceptors (Lipinski definition) is 2. The summed E-state index contributed by atoms with van der Waals surface area (Å²) < 4.78 is 1.51. The minimum atomic E-state index is -0.285. The molecule has 0 fully saturated rings. The average molecular weight is 385 g/mol. The van der Waals surface area contributed by atoms with Crippen molar-refractivity contribution in [2.75, 3.05) is 5.32 Å². The number of phenolic OH excluding ortho intramolecular Hbond substituents is 1. The summed E-state index contributed by atoms with van der Waals surface area (Å²) in [6.07, 6.45) is 0. The molecule has 98 valence electrons. The third kappa shape index (κ3) is 3.36. The number of nitrogens with one attached hydrogen (secondary N) is 1. The summed E-state index contributed by atoms with van der Waals surface area (Å²) in [6, 6.07) is 10.4. The van der Waals surface area contributed by atoms with E-state index in [1.165, 1.54) is 0 Å². The third-order valence-corrected chi connectivity index (χ3v) is 3.76. The highest BCUT2D eigenvalue weighted by molar-refractivity contribution is 9.11. The first-order chi connectivity index (χ1) is 8.97. The lowest BCUT2D eigenvalue weighted by molar-refractivity contribution is 0.102. The third-order valence-electron chi connectivity index (χ3n) is 2.57. The summed E-state index contributed by atoms with van der Waals surface area (Å²) in [4.78, 5) is 12.2. The van der Waals surface area contributed by atoms with Gasteiger partial charge in [-0.25, -0.2) is 0 Å². The van der Waals surface area contributed by atoms with E-state index in [1.54, 1.807) is 24.3 Å². The molecule has 0 aliphatic rings. The van der Waals surface area contributed by atoms with Crippen LogP contribution in [-0.4, -0.2) is 11.0 Å². The van der Waals surface area contributed by atoms with E-state index in [1.807, 2.05) is 19.1 Å². The molecule has 1 amide bonds. The number of hydrogen-bond donors (Lipinski definition) is 2. The highest BCUT2D eigenvalue weighted by atomic mass is 79.9. The fourth-order valence-corrected chi connectivity index (χ4v) is 2.40. The fourth-order valence-electron chi connectivity index (χ4n) is 1.61. The second-order valence-corrected chi connectivity index (χ2v) is 5.87. The Balaban J connectivity index is 2.28. The monoisotopic (exact) mass is 383 g/mol. The van der Waals surface area contributed by atoms with Gasteiger partial charge in [0, 0.05) is 8.95 Å². The Morgan fingerprint density at radius 2 is 1.89 bits per heavy atom. The summed E-state index contributed by atoms with van der Waals surface area (Å²) in [5.41, 5.74) is 1.82. The molecule has 3 nitrogen and oxygen atoms in total. The zero-order valence-corrected chi connectivity index (χ0v) is 13.2. The van der Waals surface area contributed by atoms with Gasteiger partial charge in [-0.2, -0.15) is 0 Å². The van der Waals surface area contributed by atoms with Gasteiger partial charge in [0.25, 0.3) is 5.91 Å². The number of carbonyl (C=O) groups is 1. The van der Waals surface area contributed by atoms with Crippen molar-refractivity contribution >= 4 is 43.5 Å². The first kappa shape index (κ1) is 14.1. The second-order valence-electron chi connectivity index (χ2n) is 4.10. The maximum Gasteiger partial charge on any atom is 0.256 e. The predicted octanol–water partition coefficient (Wildman–Crippen LogP) is 4.48. The van der Waals surface area contributed by atoms with Crippen molar-refractivity contribution in [2.24, 2.45) is 0 Å². The number of rotatable bonds is 2. The summed E-state index contributed by atoms with van der Waals surface area (Å²) in [7, 11) is 0. The summed E-state index contributed by atoms with van der Waals surface area (Å²) in [6.45, 7) is 1.87. The van der Waals surface area contributed by atoms with Crippen LogP contribution in [0.1, 0.15) is 15.9 Å². The zero-order chi connectivity index (χ0) is 14.0. The van der Waals surface area contributed by atoms with E-state index in [4.69, 9.17) is 0 Å². The number of phenols is 1. The van der Waals surface area contributed by atoms with Crippen molar-refractivity contribution in [1.29, 1.82) is 0 Å². The number of amides is 1. The van der Waals surface area contributed by atoms with E-state index in [2.05, 4.69) is 37.2 Å². The fraction of sp³-hybridized carbons (Fsp3) is 0.0714. The zero-order valence-electron chi connectivity index (χ0n) is 10.1. The van der Waals surface area contributed by atoms with Gasteiger partial charge in [0.2, 0.25) is 0 Å². The van der Waals surface area contributed by atoms with E-state index >= 15 is 0 Å². The van der Waals surface area contributed by atoms with Crippen LogP contribution in [0.4, 0.5) is 5.69 Å². The second kappa shape index (κ2) is 5.75. The number of aryl methyl sites for hydroxylation is 1. The molecule has 0 aromatic heterocycles. The average Bonchev–Trinajstić information content (AvgIpc) is 2.35. The van der Waals surface area contributed by atoms with E-state index in [9.17, 15) is 9.90 Å². The molecule has 0 atom stereocenters. The maximum absolute atomic E-state index is 12.2. The highest BCUT2D eigenvalue weighted by Gasteiger charge is 2.12. The summed E-state index contributed by atoms with van der Waals surface area (Å²) in [5.74, 6) is -0.230. The molecule has 0 bridgehead atoms. The molecule has 0 saturated carbocycles. The first-order valence-corrected chi connectivity index (χ1v) is 7.12. The van der Waals surface area contributed by atoms with Crippen LogP contribution in [-0.2, 0) is 0 Å². The quantitative estimate of drug-likeness (QED) is 0.750. The van der Waals surface area contributed by atoms with Crippen LogP contribution in [0.15, 0.2) is 45.3 Å². The molecule has 19 heavy (non-hydrogen) atoms. The molecule has 5 heteroatoms. The van der Waals surface area contributed by atoms with Gasteiger partial charge in [-0.05, 0) is 58.7 Å². The van der Waals surface area contributed by atoms with Crippen LogP contribution in [0, 0.1) is 6.92 Å². The van der Waals surface area contributed by atoms with E-state index < -0.39 is 0 Å². The van der Waals surface area contributed by atoms with Crippen molar-refractivity contribution in [1.82, 2.24) is 0 Å². The van der Waals surface area contributed by atoms with Gasteiger partial charge in [-0.15, -0.1) is 0 Å². The summed E-state index contributed by atoms with van der Waals surface area (Å²) in [5, 5.41) is 12.5. The molecule has 2 rings (SSSR count). The van der Waals surface area contributed by atoms with Crippen LogP contribution in [0.3, 0.4) is 0 Å². The van der Waals surface area contributed by atoms with Crippen molar-refractivity contribution in [3.63, 3.8) is 0 Å². The van der Waals surface area contributed by atoms with Crippen LogP contribution >= 0.6 is 31.9 Å². The standard InChI is InChI=1S/C14H11Br2NO2/c1-8-2-5-12(13(18)6-8)17-14(19)10-7-9(15)3-4-11(10)16/h2-7,18H,1H3,(H,17,19). The minimum absolute atomic E-state index is 0.0551. The Hall–Kier alpha value is -1.33. The van der Waals surface area contributed by atoms with Gasteiger partial charge < -0.3 is 10.4 Å². The number of halogens is 2. The number of carbonyl (C=O) groups excluding carboxylic acids is 1. The van der Waals surface area contributed by atoms with E-state index in [-0.39, 0.29) is 11.7 Å². The Labute approximate surface area is 127 Å². The molecule has 2 aromatic carbocycles. The van der Waals surface area contributed by atoms with Gasteiger partial charge in [0.15, 0.2) is 0 Å². The van der Waals surface area contributed by atoms with Crippen molar-refractivity contribution < 1.29 is 9.90 Å². The van der Waals surface area contributed by atoms with Gasteiger partial charge in [-0.1, -0.05) is 22.0 Å². The van der Waals surface area contributed by atoms with Gasteiger partial charge in [0.05, 0.1) is 11.3 Å². The Kier molecular flexibility index (Phi) is 4.27. The Morgan fingerprint density at radius 1 is 1.16 bits per heavy atom. The van der Waals surface area contributed by atoms with Crippen molar-refractivity contribution in [3.05, 3.63) is 56.5 Å². The van der Waals surface area contributed by atoms with Crippen molar-refractivity contribution in [3.8, 4) is 5.75 Å². The smallest absolute Gasteiger partial charge is 0.256 e. The van der Waals surface area contributed by atoms with Crippen molar-refractivity contribution in [2.45, 2.75) is 6.92 Å². The molecular formula is C14H11Br2NO2. The van der Waals surface area contributed by atoms with E-state index in [0.717, 1.165) is 10.0 Å². The first-order valence-electron chi connectivity index (χ1n) is 5.53. The topological polar surface area (TPSA) is 49.3 Å². The predicted molar refractivity (Wildman–Crippen MR) is 82.6 cm³/mol. The maximum atomic E-state index is 12.2. The number of aromatic hydroxyl groups is 1. The normalized spacial score (nSPS) is 10.3. The number of benzene rings is 2. The molecule has 2 N–H and O–H groups in total. The molecule has 0 heterocycles. The van der Waals surface area contributed by atoms with Crippen LogP contribution in [0.25, 0.3) is 0 Å². The molecule has 0 aliphatic heterocycles. The lowest BCUT2D eigenvalue weighted by Gasteiger charge is -2.09. The molecule has 2 aromatic rings. The molecule has 0 unspecified atom stereocenters. The lowest BCUT2D eigenvalue weighted by atomic mass is 10.2. The van der Waals surface area contributed by atoms with Gasteiger partial charge >= 0.3 is 0 Å². The molecule has 0 spiro atoms. The summed E-state index contributed by atoms with van der Waals surface area (Å²) >= 11 is 6.65. The highest BCUT2D eigenvalue weighted by Crippen LogP contribution is 2.26. The lowest BCUT2D eigenvalue weighted by Crippen LogP contribution is -2.12. The molecule has 0 aliphatic carbocycles. The number of anilines is 1. The van der Waals surface area contributed by atoms with Gasteiger partial charge in [-0.3, -0.25) is 4.79 Å². The van der Waals surface area contributed by atoms with E-state index in [0.29, 0.717) is 15.7 Å². The molecule has 0 radical (unpaired) electrons.